The molecule has 0 aliphatic carbocycles. The van der Waals surface area contributed by atoms with Crippen LogP contribution in [0.4, 0.5) is 11.4 Å². The Kier molecular flexibility index (Phi) is 7.67. The second-order valence-electron chi connectivity index (χ2n) is 8.00. The monoisotopic (exact) mass is 394 g/mol. The molecule has 0 bridgehead atoms. The maximum Gasteiger partial charge on any atom is 0.238 e. The van der Waals surface area contributed by atoms with Crippen molar-refractivity contribution < 1.29 is 4.79 Å². The van der Waals surface area contributed by atoms with E-state index in [9.17, 15) is 4.79 Å². The molecule has 0 spiro atoms. The summed E-state index contributed by atoms with van der Waals surface area (Å²) in [6.45, 7) is 13.1. The van der Waals surface area contributed by atoms with E-state index in [1.807, 2.05) is 30.3 Å². The summed E-state index contributed by atoms with van der Waals surface area (Å²) < 4.78 is 0. The highest BCUT2D eigenvalue weighted by Crippen LogP contribution is 2.19. The van der Waals surface area contributed by atoms with Crippen LogP contribution in [0.5, 0.6) is 0 Å². The number of hydrogen-bond acceptors (Lipinski definition) is 4. The first-order chi connectivity index (χ1) is 14.0. The highest BCUT2D eigenvalue weighted by Gasteiger charge is 2.17. The molecule has 156 valence electrons. The average Bonchev–Trinajstić information content (AvgIpc) is 2.74. The molecule has 2 aromatic carbocycles. The number of hydrogen-bond donors (Lipinski definition) is 1. The van der Waals surface area contributed by atoms with Gasteiger partial charge < -0.3 is 15.1 Å². The largest absolute Gasteiger partial charge is 0.369 e. The normalized spacial score (nSPS) is 15.1. The van der Waals surface area contributed by atoms with E-state index in [-0.39, 0.29) is 5.91 Å². The number of nitrogens with zero attached hydrogens (tertiary/aromatic N) is 3. The molecule has 3 rings (SSSR count). The number of carbonyl (C=O) groups excluding carboxylic acids is 1. The molecule has 29 heavy (non-hydrogen) atoms. The first-order valence-electron chi connectivity index (χ1n) is 10.7. The van der Waals surface area contributed by atoms with Crippen molar-refractivity contribution in [3.8, 4) is 0 Å². The number of rotatable bonds is 8. The first-order valence-corrected chi connectivity index (χ1v) is 10.7. The van der Waals surface area contributed by atoms with Crippen molar-refractivity contribution in [1.29, 1.82) is 0 Å². The Morgan fingerprint density at radius 1 is 1.00 bits per heavy atom. The van der Waals surface area contributed by atoms with Gasteiger partial charge in [0.05, 0.1) is 6.54 Å². The van der Waals surface area contributed by atoms with Gasteiger partial charge in [-0.25, -0.2) is 0 Å². The van der Waals surface area contributed by atoms with Crippen LogP contribution >= 0.6 is 0 Å². The molecule has 0 radical (unpaired) electrons. The van der Waals surface area contributed by atoms with E-state index in [4.69, 9.17) is 0 Å². The lowest BCUT2D eigenvalue weighted by atomic mass is 10.2. The summed E-state index contributed by atoms with van der Waals surface area (Å²) in [5.41, 5.74) is 3.31. The van der Waals surface area contributed by atoms with Crippen LogP contribution in [0.15, 0.2) is 54.6 Å². The highest BCUT2D eigenvalue weighted by molar-refractivity contribution is 5.92. The van der Waals surface area contributed by atoms with Crippen LogP contribution in [0.1, 0.15) is 26.3 Å². The summed E-state index contributed by atoms with van der Waals surface area (Å²) >= 11 is 0. The number of amides is 1. The van der Waals surface area contributed by atoms with E-state index in [0.717, 1.165) is 45.0 Å². The van der Waals surface area contributed by atoms with Crippen molar-refractivity contribution >= 4 is 17.3 Å². The van der Waals surface area contributed by atoms with Gasteiger partial charge in [-0.3, -0.25) is 9.69 Å². The van der Waals surface area contributed by atoms with Gasteiger partial charge >= 0.3 is 0 Å². The van der Waals surface area contributed by atoms with Gasteiger partial charge in [-0.15, -0.1) is 0 Å². The minimum Gasteiger partial charge on any atom is -0.369 e. The van der Waals surface area contributed by atoms with E-state index in [1.165, 1.54) is 11.3 Å². The van der Waals surface area contributed by atoms with Crippen LogP contribution in [0, 0.1) is 0 Å². The number of likely N-dealkylation sites (N-methyl/N-ethyl adjacent to an activating group) is 1. The fraction of sp³-hybridized carbons (Fsp3) is 0.458. The fourth-order valence-corrected chi connectivity index (χ4v) is 3.70. The minimum atomic E-state index is 0.0268. The summed E-state index contributed by atoms with van der Waals surface area (Å²) in [5, 5.41) is 3.05. The zero-order chi connectivity index (χ0) is 20.6. The molecule has 1 saturated heterocycles. The second kappa shape index (κ2) is 10.4. The molecular formula is C24H34N4O. The van der Waals surface area contributed by atoms with Crippen molar-refractivity contribution in [2.24, 2.45) is 0 Å². The van der Waals surface area contributed by atoms with Gasteiger partial charge in [0.1, 0.15) is 0 Å². The SMILES string of the molecule is CCN1CCN(c2ccc(NC(=O)CN(Cc3ccccc3)C(C)C)cc2)CC1. The van der Waals surface area contributed by atoms with Crippen molar-refractivity contribution in [2.75, 3.05) is 49.5 Å². The van der Waals surface area contributed by atoms with Gasteiger partial charge in [0, 0.05) is 50.1 Å². The molecular weight excluding hydrogens is 360 g/mol. The predicted molar refractivity (Wildman–Crippen MR) is 121 cm³/mol. The third-order valence-electron chi connectivity index (χ3n) is 5.64. The molecule has 1 aliphatic rings. The maximum atomic E-state index is 12.6. The predicted octanol–water partition coefficient (Wildman–Crippen LogP) is 3.68. The Bertz CT molecular complexity index is 752. The lowest BCUT2D eigenvalue weighted by Gasteiger charge is -2.35. The molecule has 0 aromatic heterocycles. The molecule has 1 aliphatic heterocycles. The van der Waals surface area contributed by atoms with E-state index in [1.54, 1.807) is 0 Å². The van der Waals surface area contributed by atoms with Crippen LogP contribution in [0.25, 0.3) is 0 Å². The Labute approximate surface area is 175 Å². The lowest BCUT2D eigenvalue weighted by molar-refractivity contribution is -0.117. The second-order valence-corrected chi connectivity index (χ2v) is 8.00. The van der Waals surface area contributed by atoms with Crippen LogP contribution in [-0.2, 0) is 11.3 Å². The standard InChI is InChI=1S/C24H34N4O/c1-4-26-14-16-27(17-15-26)23-12-10-22(11-13-23)25-24(29)19-28(20(2)3)18-21-8-6-5-7-9-21/h5-13,20H,4,14-19H2,1-3H3,(H,25,29). The topological polar surface area (TPSA) is 38.8 Å². The molecule has 1 fully saturated rings. The van der Waals surface area contributed by atoms with Crippen molar-refractivity contribution in [1.82, 2.24) is 9.80 Å². The van der Waals surface area contributed by atoms with Crippen molar-refractivity contribution in [2.45, 2.75) is 33.4 Å². The number of carbonyl (C=O) groups is 1. The van der Waals surface area contributed by atoms with Crippen molar-refractivity contribution in [3.63, 3.8) is 0 Å². The molecule has 1 N–H and O–H groups in total. The van der Waals surface area contributed by atoms with Gasteiger partial charge in [0.2, 0.25) is 5.91 Å². The van der Waals surface area contributed by atoms with E-state index in [0.29, 0.717) is 12.6 Å². The van der Waals surface area contributed by atoms with Gasteiger partial charge in [-0.1, -0.05) is 37.3 Å². The molecule has 5 heteroatoms. The quantitative estimate of drug-likeness (QED) is 0.741. The third kappa shape index (κ3) is 6.31. The smallest absolute Gasteiger partial charge is 0.238 e. The Hall–Kier alpha value is -2.37. The fourth-order valence-electron chi connectivity index (χ4n) is 3.70. The number of benzene rings is 2. The maximum absolute atomic E-state index is 12.6. The molecule has 1 amide bonds. The first kappa shape index (κ1) is 21.3. The van der Waals surface area contributed by atoms with Gasteiger partial charge in [-0.2, -0.15) is 0 Å². The third-order valence-corrected chi connectivity index (χ3v) is 5.64. The molecule has 1 heterocycles. The lowest BCUT2D eigenvalue weighted by Crippen LogP contribution is -2.46. The van der Waals surface area contributed by atoms with Crippen LogP contribution in [0.3, 0.4) is 0 Å². The summed E-state index contributed by atoms with van der Waals surface area (Å²) in [7, 11) is 0. The molecule has 0 atom stereocenters. The summed E-state index contributed by atoms with van der Waals surface area (Å²) in [5.74, 6) is 0.0268. The van der Waals surface area contributed by atoms with Crippen molar-refractivity contribution in [3.05, 3.63) is 60.2 Å². The van der Waals surface area contributed by atoms with Gasteiger partial charge in [-0.05, 0) is 50.2 Å². The summed E-state index contributed by atoms with van der Waals surface area (Å²) in [6.07, 6.45) is 0. The number of nitrogens with one attached hydrogen (secondary N) is 1. The summed E-state index contributed by atoms with van der Waals surface area (Å²) in [4.78, 5) is 19.7. The minimum absolute atomic E-state index is 0.0268. The van der Waals surface area contributed by atoms with E-state index in [2.05, 4.69) is 65.1 Å². The Morgan fingerprint density at radius 3 is 2.24 bits per heavy atom. The average molecular weight is 395 g/mol. The molecule has 2 aromatic rings. The Balaban J connectivity index is 1.53. The van der Waals surface area contributed by atoms with E-state index >= 15 is 0 Å². The van der Waals surface area contributed by atoms with E-state index < -0.39 is 0 Å². The molecule has 0 unspecified atom stereocenters. The molecule has 0 saturated carbocycles. The molecule has 5 nitrogen and oxygen atoms in total. The van der Waals surface area contributed by atoms with Crippen LogP contribution in [0.2, 0.25) is 0 Å². The van der Waals surface area contributed by atoms with Gasteiger partial charge in [0.25, 0.3) is 0 Å². The number of anilines is 2. The van der Waals surface area contributed by atoms with Gasteiger partial charge in [0.15, 0.2) is 0 Å². The number of piperazine rings is 1. The summed E-state index contributed by atoms with van der Waals surface area (Å²) in [6, 6.07) is 18.8. The van der Waals surface area contributed by atoms with Crippen LogP contribution in [-0.4, -0.2) is 61.0 Å². The highest BCUT2D eigenvalue weighted by atomic mass is 16.2. The van der Waals surface area contributed by atoms with Crippen LogP contribution < -0.4 is 10.2 Å². The Morgan fingerprint density at radius 2 is 1.66 bits per heavy atom. The zero-order valence-electron chi connectivity index (χ0n) is 18.0. The zero-order valence-corrected chi connectivity index (χ0v) is 18.0.